The van der Waals surface area contributed by atoms with Crippen molar-refractivity contribution in [1.29, 1.82) is 0 Å². The fourth-order valence-electron chi connectivity index (χ4n) is 1.14. The topological polar surface area (TPSA) is 46.2 Å². The molecule has 0 saturated carbocycles. The maximum atomic E-state index is 11.5. The normalized spacial score (nSPS) is 11.8. The molecule has 0 heterocycles. The first kappa shape index (κ1) is 13.3. The number of hydrogen-bond acceptors (Lipinski definition) is 3. The first-order valence-electron chi connectivity index (χ1n) is 5.13. The summed E-state index contributed by atoms with van der Waals surface area (Å²) in [6.45, 7) is 3.80. The Bertz CT molecular complexity index is 426. The highest BCUT2D eigenvalue weighted by Crippen LogP contribution is 2.13. The van der Waals surface area contributed by atoms with E-state index in [4.69, 9.17) is 11.6 Å². The molecule has 0 radical (unpaired) electrons. The maximum Gasteiger partial charge on any atom is 0.154 e. The van der Waals surface area contributed by atoms with Crippen LogP contribution >= 0.6 is 11.6 Å². The van der Waals surface area contributed by atoms with Crippen LogP contribution in [0, 0.1) is 0 Å². The average Bonchev–Trinajstić information content (AvgIpc) is 2.20. The molecule has 1 aromatic rings. The van der Waals surface area contributed by atoms with Crippen molar-refractivity contribution in [2.45, 2.75) is 19.1 Å². The van der Waals surface area contributed by atoms with Crippen LogP contribution in [-0.2, 0) is 9.84 Å². The van der Waals surface area contributed by atoms with E-state index in [0.717, 1.165) is 5.69 Å². The molecule has 0 atom stereocenters. The van der Waals surface area contributed by atoms with E-state index < -0.39 is 9.84 Å². The number of benzene rings is 1. The van der Waals surface area contributed by atoms with Crippen LogP contribution in [0.2, 0.25) is 5.02 Å². The molecule has 0 aliphatic heterocycles. The smallest absolute Gasteiger partial charge is 0.154 e. The third-order valence-corrected chi connectivity index (χ3v) is 4.74. The van der Waals surface area contributed by atoms with E-state index in [0.29, 0.717) is 11.6 Å². The molecular weight excluding hydrogens is 246 g/mol. The SMILES string of the molecule is CC(C)S(=O)(=O)CCNc1ccc(Cl)cc1. The van der Waals surface area contributed by atoms with Gasteiger partial charge in [0.25, 0.3) is 0 Å². The molecule has 1 rings (SSSR count). The van der Waals surface area contributed by atoms with Crippen LogP contribution in [0.25, 0.3) is 0 Å². The fourth-order valence-corrected chi connectivity index (χ4v) is 2.13. The molecule has 0 fully saturated rings. The third kappa shape index (κ3) is 4.02. The molecule has 16 heavy (non-hydrogen) atoms. The summed E-state index contributed by atoms with van der Waals surface area (Å²) in [5.41, 5.74) is 0.878. The van der Waals surface area contributed by atoms with E-state index in [9.17, 15) is 8.42 Å². The summed E-state index contributed by atoms with van der Waals surface area (Å²) in [6.07, 6.45) is 0. The van der Waals surface area contributed by atoms with E-state index in [1.807, 2.05) is 12.1 Å². The Labute approximate surface area is 102 Å². The standard InChI is InChI=1S/C11H16ClNO2S/c1-9(2)16(14,15)8-7-13-11-5-3-10(12)4-6-11/h3-6,9,13H,7-8H2,1-2H3. The van der Waals surface area contributed by atoms with Crippen LogP contribution in [0.1, 0.15) is 13.8 Å². The van der Waals surface area contributed by atoms with Gasteiger partial charge in [0.1, 0.15) is 0 Å². The summed E-state index contributed by atoms with van der Waals surface area (Å²) in [7, 11) is -2.97. The van der Waals surface area contributed by atoms with Gasteiger partial charge in [0, 0.05) is 17.3 Å². The van der Waals surface area contributed by atoms with Crippen LogP contribution in [0.3, 0.4) is 0 Å². The Balaban J connectivity index is 2.45. The van der Waals surface area contributed by atoms with E-state index in [2.05, 4.69) is 5.32 Å². The van der Waals surface area contributed by atoms with Crippen LogP contribution in [0.5, 0.6) is 0 Å². The van der Waals surface area contributed by atoms with E-state index in [-0.39, 0.29) is 11.0 Å². The summed E-state index contributed by atoms with van der Waals surface area (Å²) in [4.78, 5) is 0. The van der Waals surface area contributed by atoms with Gasteiger partial charge in [0.2, 0.25) is 0 Å². The maximum absolute atomic E-state index is 11.5. The predicted molar refractivity (Wildman–Crippen MR) is 68.9 cm³/mol. The number of sulfone groups is 1. The lowest BCUT2D eigenvalue weighted by atomic mass is 10.3. The predicted octanol–water partition coefficient (Wildman–Crippen LogP) is 2.58. The molecule has 0 aliphatic rings. The molecule has 0 aliphatic carbocycles. The second-order valence-electron chi connectivity index (χ2n) is 3.85. The summed E-state index contributed by atoms with van der Waals surface area (Å²) in [5.74, 6) is 0.146. The zero-order valence-corrected chi connectivity index (χ0v) is 11.0. The lowest BCUT2D eigenvalue weighted by Gasteiger charge is -2.09. The van der Waals surface area contributed by atoms with Gasteiger partial charge in [0.05, 0.1) is 11.0 Å². The Morgan fingerprint density at radius 2 is 1.81 bits per heavy atom. The van der Waals surface area contributed by atoms with Gasteiger partial charge in [-0.15, -0.1) is 0 Å². The zero-order chi connectivity index (χ0) is 12.2. The lowest BCUT2D eigenvalue weighted by Crippen LogP contribution is -2.22. The van der Waals surface area contributed by atoms with Gasteiger partial charge >= 0.3 is 0 Å². The van der Waals surface area contributed by atoms with E-state index in [1.54, 1.807) is 26.0 Å². The van der Waals surface area contributed by atoms with Crippen LogP contribution in [-0.4, -0.2) is 26.0 Å². The monoisotopic (exact) mass is 261 g/mol. The number of anilines is 1. The second-order valence-corrected chi connectivity index (χ2v) is 6.96. The average molecular weight is 262 g/mol. The molecule has 1 N–H and O–H groups in total. The van der Waals surface area contributed by atoms with Crippen molar-refractivity contribution >= 4 is 27.1 Å². The minimum Gasteiger partial charge on any atom is -0.384 e. The number of rotatable bonds is 5. The number of hydrogen-bond donors (Lipinski definition) is 1. The van der Waals surface area contributed by atoms with Gasteiger partial charge in [0.15, 0.2) is 9.84 Å². The second kappa shape index (κ2) is 5.55. The molecule has 0 saturated heterocycles. The van der Waals surface area contributed by atoms with Gasteiger partial charge in [-0.25, -0.2) is 8.42 Å². The molecule has 0 spiro atoms. The summed E-state index contributed by atoms with van der Waals surface area (Å²) >= 11 is 5.74. The number of halogens is 1. The molecule has 0 amide bonds. The molecule has 0 bridgehead atoms. The van der Waals surface area contributed by atoms with Crippen molar-refractivity contribution < 1.29 is 8.42 Å². The first-order valence-corrected chi connectivity index (χ1v) is 7.22. The van der Waals surface area contributed by atoms with Gasteiger partial charge in [-0.2, -0.15) is 0 Å². The number of nitrogens with one attached hydrogen (secondary N) is 1. The zero-order valence-electron chi connectivity index (χ0n) is 9.40. The minimum absolute atomic E-state index is 0.146. The van der Waals surface area contributed by atoms with Gasteiger partial charge in [-0.3, -0.25) is 0 Å². The molecule has 0 aromatic heterocycles. The minimum atomic E-state index is -2.97. The fraction of sp³-hybridized carbons (Fsp3) is 0.455. The Morgan fingerprint density at radius 1 is 1.25 bits per heavy atom. The molecule has 3 nitrogen and oxygen atoms in total. The molecule has 5 heteroatoms. The van der Waals surface area contributed by atoms with Crippen molar-refractivity contribution in [2.24, 2.45) is 0 Å². The van der Waals surface area contributed by atoms with Crippen molar-refractivity contribution in [1.82, 2.24) is 0 Å². The molecular formula is C11H16ClNO2S. The molecule has 1 aromatic carbocycles. The van der Waals surface area contributed by atoms with Gasteiger partial charge in [-0.1, -0.05) is 11.6 Å². The van der Waals surface area contributed by atoms with E-state index in [1.165, 1.54) is 0 Å². The summed E-state index contributed by atoms with van der Waals surface area (Å²) in [6, 6.07) is 7.18. The van der Waals surface area contributed by atoms with Crippen LogP contribution < -0.4 is 5.32 Å². The Morgan fingerprint density at radius 3 is 2.31 bits per heavy atom. The van der Waals surface area contributed by atoms with E-state index >= 15 is 0 Å². The highest BCUT2D eigenvalue weighted by Gasteiger charge is 2.14. The Hall–Kier alpha value is -0.740. The van der Waals surface area contributed by atoms with Crippen LogP contribution in [0.15, 0.2) is 24.3 Å². The van der Waals surface area contributed by atoms with Crippen molar-refractivity contribution in [3.05, 3.63) is 29.3 Å². The lowest BCUT2D eigenvalue weighted by molar-refractivity contribution is 0.588. The van der Waals surface area contributed by atoms with Crippen molar-refractivity contribution in [2.75, 3.05) is 17.6 Å². The highest BCUT2D eigenvalue weighted by molar-refractivity contribution is 7.92. The Kier molecular flexibility index (Phi) is 4.62. The summed E-state index contributed by atoms with van der Waals surface area (Å²) < 4.78 is 23.0. The van der Waals surface area contributed by atoms with Crippen molar-refractivity contribution in [3.8, 4) is 0 Å². The molecule has 90 valence electrons. The van der Waals surface area contributed by atoms with Gasteiger partial charge < -0.3 is 5.32 Å². The van der Waals surface area contributed by atoms with Crippen molar-refractivity contribution in [3.63, 3.8) is 0 Å². The quantitative estimate of drug-likeness (QED) is 0.886. The highest BCUT2D eigenvalue weighted by atomic mass is 35.5. The third-order valence-electron chi connectivity index (χ3n) is 2.28. The van der Waals surface area contributed by atoms with Crippen LogP contribution in [0.4, 0.5) is 5.69 Å². The van der Waals surface area contributed by atoms with Gasteiger partial charge in [-0.05, 0) is 38.1 Å². The largest absolute Gasteiger partial charge is 0.384 e. The summed E-state index contributed by atoms with van der Waals surface area (Å²) in [5, 5.41) is 3.39. The molecule has 0 unspecified atom stereocenters. The first-order chi connectivity index (χ1) is 7.42.